The Labute approximate surface area is 184 Å². The van der Waals surface area contributed by atoms with Gasteiger partial charge in [-0.3, -0.25) is 4.79 Å². The molecule has 0 bridgehead atoms. The molecule has 0 saturated carbocycles. The number of aromatic hydroxyl groups is 4. The number of benzene rings is 2. The van der Waals surface area contributed by atoms with E-state index in [9.17, 15) is 45.6 Å². The summed E-state index contributed by atoms with van der Waals surface area (Å²) in [6.45, 7) is -0.726. The molecule has 0 amide bonds. The van der Waals surface area contributed by atoms with Crippen LogP contribution in [0.15, 0.2) is 39.5 Å². The minimum atomic E-state index is -1.82. The molecule has 0 radical (unpaired) electrons. The number of rotatable bonds is 4. The first-order valence-corrected chi connectivity index (χ1v) is 9.64. The van der Waals surface area contributed by atoms with Crippen LogP contribution < -0.4 is 10.2 Å². The van der Waals surface area contributed by atoms with Crippen molar-refractivity contribution in [2.24, 2.45) is 0 Å². The summed E-state index contributed by atoms with van der Waals surface area (Å²) in [5.41, 5.74) is -1.06. The van der Waals surface area contributed by atoms with Gasteiger partial charge in [-0.05, 0) is 18.2 Å². The van der Waals surface area contributed by atoms with Crippen molar-refractivity contribution >= 4 is 11.0 Å². The molecular formula is C21H20O12. The molecule has 176 valence electrons. The maximum atomic E-state index is 12.7. The van der Waals surface area contributed by atoms with Crippen molar-refractivity contribution in [3.05, 3.63) is 40.6 Å². The predicted octanol–water partition coefficient (Wildman–Crippen LogP) is -0.539. The normalized spacial score (nSPS) is 25.3. The topological polar surface area (TPSA) is 211 Å². The van der Waals surface area contributed by atoms with Gasteiger partial charge in [-0.1, -0.05) is 0 Å². The second kappa shape index (κ2) is 8.42. The Morgan fingerprint density at radius 3 is 2.24 bits per heavy atom. The molecule has 33 heavy (non-hydrogen) atoms. The predicted molar refractivity (Wildman–Crippen MR) is 109 cm³/mol. The summed E-state index contributed by atoms with van der Waals surface area (Å²) in [6.07, 6.45) is -8.27. The fourth-order valence-electron chi connectivity index (χ4n) is 3.49. The maximum absolute atomic E-state index is 12.7. The lowest BCUT2D eigenvalue weighted by Gasteiger charge is -2.39. The molecule has 12 nitrogen and oxygen atoms in total. The van der Waals surface area contributed by atoms with Crippen LogP contribution in [0.1, 0.15) is 0 Å². The standard InChI is InChI=1S/C21H20O12/c22-6-14-16(28)17(29)18(30)21(32-14)33-19-12(27)4-10(25)15-11(26)5-13(31-20(15)19)7-1-2-8(23)9(24)3-7/h1-5,14,16-18,21-25,27-30H,6H2. The van der Waals surface area contributed by atoms with E-state index in [0.717, 1.165) is 24.3 Å². The summed E-state index contributed by atoms with van der Waals surface area (Å²) in [5, 5.41) is 78.8. The van der Waals surface area contributed by atoms with Crippen molar-refractivity contribution in [3.8, 4) is 40.1 Å². The van der Waals surface area contributed by atoms with E-state index in [1.807, 2.05) is 0 Å². The van der Waals surface area contributed by atoms with Gasteiger partial charge in [0.2, 0.25) is 12.0 Å². The number of aliphatic hydroxyl groups excluding tert-OH is 4. The van der Waals surface area contributed by atoms with Crippen molar-refractivity contribution in [2.75, 3.05) is 6.61 Å². The van der Waals surface area contributed by atoms with Gasteiger partial charge >= 0.3 is 0 Å². The van der Waals surface area contributed by atoms with E-state index in [0.29, 0.717) is 0 Å². The van der Waals surface area contributed by atoms with E-state index in [4.69, 9.17) is 13.9 Å². The smallest absolute Gasteiger partial charge is 0.229 e. The summed E-state index contributed by atoms with van der Waals surface area (Å²) < 4.78 is 16.4. The van der Waals surface area contributed by atoms with Gasteiger partial charge < -0.3 is 54.7 Å². The first kappa shape index (κ1) is 22.6. The number of phenolic OH excluding ortho intramolecular Hbond substituents is 4. The maximum Gasteiger partial charge on any atom is 0.229 e. The van der Waals surface area contributed by atoms with Gasteiger partial charge in [-0.25, -0.2) is 0 Å². The highest BCUT2D eigenvalue weighted by Gasteiger charge is 2.45. The van der Waals surface area contributed by atoms with Crippen molar-refractivity contribution in [3.63, 3.8) is 0 Å². The van der Waals surface area contributed by atoms with E-state index in [1.54, 1.807) is 0 Å². The quantitative estimate of drug-likeness (QED) is 0.229. The highest BCUT2D eigenvalue weighted by molar-refractivity contribution is 5.91. The molecule has 5 unspecified atom stereocenters. The average molecular weight is 464 g/mol. The second-order valence-corrected chi connectivity index (χ2v) is 7.44. The first-order valence-electron chi connectivity index (χ1n) is 9.64. The third-order valence-electron chi connectivity index (χ3n) is 5.26. The summed E-state index contributed by atoms with van der Waals surface area (Å²) in [6, 6.07) is 5.40. The van der Waals surface area contributed by atoms with Crippen LogP contribution in [0, 0.1) is 0 Å². The molecule has 1 aliphatic rings. The second-order valence-electron chi connectivity index (χ2n) is 7.44. The molecule has 1 aliphatic heterocycles. The van der Waals surface area contributed by atoms with Gasteiger partial charge in [0.25, 0.3) is 0 Å². The van der Waals surface area contributed by atoms with Crippen LogP contribution in [0.3, 0.4) is 0 Å². The van der Waals surface area contributed by atoms with Crippen LogP contribution >= 0.6 is 0 Å². The van der Waals surface area contributed by atoms with Gasteiger partial charge in [0.05, 0.1) is 6.61 Å². The Bertz CT molecular complexity index is 1250. The minimum Gasteiger partial charge on any atom is -0.507 e. The zero-order valence-corrected chi connectivity index (χ0v) is 16.7. The van der Waals surface area contributed by atoms with Crippen LogP contribution in [-0.2, 0) is 4.74 Å². The zero-order valence-electron chi connectivity index (χ0n) is 16.7. The highest BCUT2D eigenvalue weighted by atomic mass is 16.7. The van der Waals surface area contributed by atoms with E-state index in [2.05, 4.69) is 0 Å². The van der Waals surface area contributed by atoms with E-state index in [1.165, 1.54) is 6.07 Å². The summed E-state index contributed by atoms with van der Waals surface area (Å²) >= 11 is 0. The number of phenols is 4. The Balaban J connectivity index is 1.85. The molecule has 0 aliphatic carbocycles. The van der Waals surface area contributed by atoms with Gasteiger partial charge in [-0.2, -0.15) is 0 Å². The first-order chi connectivity index (χ1) is 15.6. The molecular weight excluding hydrogens is 444 g/mol. The fourth-order valence-corrected chi connectivity index (χ4v) is 3.49. The van der Waals surface area contributed by atoms with E-state index in [-0.39, 0.29) is 16.7 Å². The highest BCUT2D eigenvalue weighted by Crippen LogP contribution is 2.42. The molecule has 0 spiro atoms. The fraction of sp³-hybridized carbons (Fsp3) is 0.286. The molecule has 4 rings (SSSR count). The Hall–Kier alpha value is -3.55. The zero-order chi connectivity index (χ0) is 24.0. The van der Waals surface area contributed by atoms with Gasteiger partial charge in [0, 0.05) is 17.7 Å². The van der Waals surface area contributed by atoms with E-state index < -0.39 is 77.1 Å². The lowest BCUT2D eigenvalue weighted by molar-refractivity contribution is -0.277. The molecule has 2 aromatic carbocycles. The van der Waals surface area contributed by atoms with Crippen molar-refractivity contribution in [2.45, 2.75) is 30.7 Å². The minimum absolute atomic E-state index is 0.133. The van der Waals surface area contributed by atoms with Gasteiger partial charge in [0.15, 0.2) is 28.3 Å². The van der Waals surface area contributed by atoms with Crippen molar-refractivity contribution in [1.82, 2.24) is 0 Å². The molecule has 2 heterocycles. The van der Waals surface area contributed by atoms with Crippen LogP contribution in [0.2, 0.25) is 0 Å². The largest absolute Gasteiger partial charge is 0.507 e. The van der Waals surface area contributed by atoms with Gasteiger partial charge in [-0.15, -0.1) is 0 Å². The van der Waals surface area contributed by atoms with Crippen LogP contribution in [-0.4, -0.2) is 78.2 Å². The monoisotopic (exact) mass is 464 g/mol. The summed E-state index contributed by atoms with van der Waals surface area (Å²) in [5.74, 6) is -2.94. The SMILES string of the molecule is O=c1cc(-c2ccc(O)c(O)c2)oc2c(OC3OC(CO)C(O)C(O)C3O)c(O)cc(O)c12. The number of hydrogen-bond donors (Lipinski definition) is 8. The summed E-state index contributed by atoms with van der Waals surface area (Å²) in [7, 11) is 0. The average Bonchev–Trinajstić information content (AvgIpc) is 2.77. The van der Waals surface area contributed by atoms with E-state index >= 15 is 0 Å². The Kier molecular flexibility index (Phi) is 5.78. The number of fused-ring (bicyclic) bond motifs is 1. The number of hydrogen-bond acceptors (Lipinski definition) is 12. The Morgan fingerprint density at radius 1 is 0.848 bits per heavy atom. The molecule has 8 N–H and O–H groups in total. The number of ether oxygens (including phenoxy) is 2. The summed E-state index contributed by atoms with van der Waals surface area (Å²) in [4.78, 5) is 12.7. The third-order valence-corrected chi connectivity index (χ3v) is 5.26. The molecule has 5 atom stereocenters. The lowest BCUT2D eigenvalue weighted by Crippen LogP contribution is -2.60. The van der Waals surface area contributed by atoms with Crippen molar-refractivity contribution < 1.29 is 54.7 Å². The van der Waals surface area contributed by atoms with Crippen LogP contribution in [0.4, 0.5) is 0 Å². The van der Waals surface area contributed by atoms with Crippen LogP contribution in [0.25, 0.3) is 22.3 Å². The lowest BCUT2D eigenvalue weighted by atomic mass is 9.99. The molecule has 3 aromatic rings. The Morgan fingerprint density at radius 2 is 1.58 bits per heavy atom. The number of aliphatic hydroxyl groups is 4. The molecule has 1 aromatic heterocycles. The van der Waals surface area contributed by atoms with Gasteiger partial charge in [0.1, 0.15) is 41.3 Å². The van der Waals surface area contributed by atoms with Crippen molar-refractivity contribution in [1.29, 1.82) is 0 Å². The molecule has 1 saturated heterocycles. The molecule has 12 heteroatoms. The molecule has 1 fully saturated rings. The third kappa shape index (κ3) is 3.90. The van der Waals surface area contributed by atoms with Crippen LogP contribution in [0.5, 0.6) is 28.7 Å².